The maximum absolute atomic E-state index is 11.4. The molecular formula is C16H32OS. The summed E-state index contributed by atoms with van der Waals surface area (Å²) in [7, 11) is 0. The van der Waals surface area contributed by atoms with E-state index in [1.807, 2.05) is 0 Å². The van der Waals surface area contributed by atoms with Crippen LogP contribution < -0.4 is 0 Å². The Morgan fingerprint density at radius 3 is 1.67 bits per heavy atom. The number of hydrogen-bond donors (Lipinski definition) is 1. The summed E-state index contributed by atoms with van der Waals surface area (Å²) in [6.07, 6.45) is 15.0. The Kier molecular flexibility index (Phi) is 13.5. The van der Waals surface area contributed by atoms with Gasteiger partial charge in [-0.05, 0) is 12.8 Å². The van der Waals surface area contributed by atoms with Crippen LogP contribution in [0.4, 0.5) is 0 Å². The number of rotatable bonds is 13. The summed E-state index contributed by atoms with van der Waals surface area (Å²) in [6.45, 7) is 4.45. The Morgan fingerprint density at radius 1 is 0.778 bits per heavy atom. The molecule has 1 nitrogen and oxygen atoms in total. The normalized spacial score (nSPS) is 12.6. The number of unbranched alkanes of at least 4 members (excludes halogenated alkanes) is 8. The number of hydrogen-bond acceptors (Lipinski definition) is 1. The third-order valence-electron chi connectivity index (χ3n) is 3.66. The van der Waals surface area contributed by atoms with Crippen LogP contribution in [0.25, 0.3) is 0 Å². The molecule has 0 radical (unpaired) electrons. The van der Waals surface area contributed by atoms with Gasteiger partial charge in [-0.2, -0.15) is 0 Å². The molecule has 0 N–H and O–H groups in total. The van der Waals surface area contributed by atoms with Gasteiger partial charge in [-0.25, -0.2) is 0 Å². The van der Waals surface area contributed by atoms with Crippen LogP contribution in [0.2, 0.25) is 0 Å². The smallest absolute Gasteiger partial charge is 0.188 e. The van der Waals surface area contributed by atoms with E-state index in [-0.39, 0.29) is 11.0 Å². The molecule has 108 valence electrons. The Morgan fingerprint density at radius 2 is 1.17 bits per heavy atom. The second-order valence-electron chi connectivity index (χ2n) is 5.44. The molecule has 18 heavy (non-hydrogen) atoms. The minimum absolute atomic E-state index is 0.108. The summed E-state index contributed by atoms with van der Waals surface area (Å²) in [5.74, 6) is 0.218. The average Bonchev–Trinajstić information content (AvgIpc) is 2.35. The van der Waals surface area contributed by atoms with E-state index >= 15 is 0 Å². The third kappa shape index (κ3) is 11.1. The van der Waals surface area contributed by atoms with Crippen LogP contribution in [0.5, 0.6) is 0 Å². The molecule has 0 rings (SSSR count). The number of carbonyl (C=O) groups excluding carboxylic acids is 1. The van der Waals surface area contributed by atoms with Gasteiger partial charge in [0.25, 0.3) is 0 Å². The Balaban J connectivity index is 3.49. The minimum atomic E-state index is 0.108. The monoisotopic (exact) mass is 272 g/mol. The molecule has 1 atom stereocenters. The van der Waals surface area contributed by atoms with E-state index < -0.39 is 0 Å². The van der Waals surface area contributed by atoms with Gasteiger partial charge in [0.2, 0.25) is 0 Å². The largest absolute Gasteiger partial charge is 0.287 e. The fourth-order valence-corrected chi connectivity index (χ4v) is 2.64. The third-order valence-corrected chi connectivity index (χ3v) is 4.03. The quantitative estimate of drug-likeness (QED) is 0.332. The highest BCUT2D eigenvalue weighted by molar-refractivity contribution is 7.96. The highest BCUT2D eigenvalue weighted by atomic mass is 32.1. The van der Waals surface area contributed by atoms with Crippen molar-refractivity contribution in [3.05, 3.63) is 0 Å². The molecule has 0 aromatic rings. The molecule has 0 saturated carbocycles. The lowest BCUT2D eigenvalue weighted by Crippen LogP contribution is -2.08. The summed E-state index contributed by atoms with van der Waals surface area (Å²) in [5.41, 5.74) is 0. The molecule has 2 heteroatoms. The summed E-state index contributed by atoms with van der Waals surface area (Å²) < 4.78 is 0. The molecular weight excluding hydrogens is 240 g/mol. The molecule has 0 fully saturated rings. The maximum Gasteiger partial charge on any atom is 0.188 e. The first-order valence-corrected chi connectivity index (χ1v) is 8.39. The zero-order valence-electron chi connectivity index (χ0n) is 12.4. The second kappa shape index (κ2) is 13.5. The first-order valence-electron chi connectivity index (χ1n) is 7.95. The van der Waals surface area contributed by atoms with Gasteiger partial charge in [-0.3, -0.25) is 4.79 Å². The van der Waals surface area contributed by atoms with Crippen LogP contribution in [-0.2, 0) is 4.79 Å². The van der Waals surface area contributed by atoms with E-state index in [1.165, 1.54) is 64.2 Å². The van der Waals surface area contributed by atoms with Crippen LogP contribution in [-0.4, -0.2) is 5.12 Å². The van der Waals surface area contributed by atoms with E-state index in [2.05, 4.69) is 26.5 Å². The van der Waals surface area contributed by atoms with Crippen LogP contribution in [0.3, 0.4) is 0 Å². The van der Waals surface area contributed by atoms with Crippen molar-refractivity contribution in [2.45, 2.75) is 90.9 Å². The van der Waals surface area contributed by atoms with E-state index in [9.17, 15) is 4.79 Å². The van der Waals surface area contributed by atoms with E-state index in [0.717, 1.165) is 12.8 Å². The molecule has 0 aromatic carbocycles. The Labute approximate surface area is 120 Å². The standard InChI is InChI=1S/C16H32OS/c1-3-5-7-8-9-10-12-14-15(16(17)18)13-11-6-4-2/h15H,3-14H2,1-2H3,(H,17,18). The highest BCUT2D eigenvalue weighted by Gasteiger charge is 2.13. The zero-order valence-corrected chi connectivity index (χ0v) is 13.3. The molecule has 0 aromatic heterocycles. The first-order chi connectivity index (χ1) is 8.72. The second-order valence-corrected chi connectivity index (χ2v) is 5.88. The van der Waals surface area contributed by atoms with Crippen LogP contribution in [0.1, 0.15) is 90.9 Å². The summed E-state index contributed by atoms with van der Waals surface area (Å²) in [5, 5.41) is 0.108. The van der Waals surface area contributed by atoms with Gasteiger partial charge >= 0.3 is 0 Å². The summed E-state index contributed by atoms with van der Waals surface area (Å²) in [4.78, 5) is 11.4. The van der Waals surface area contributed by atoms with Crippen molar-refractivity contribution >= 4 is 17.7 Å². The molecule has 0 saturated heterocycles. The maximum atomic E-state index is 11.4. The lowest BCUT2D eigenvalue weighted by molar-refractivity contribution is -0.114. The predicted molar refractivity (Wildman–Crippen MR) is 84.2 cm³/mol. The molecule has 1 unspecified atom stereocenters. The van der Waals surface area contributed by atoms with Gasteiger partial charge in [0.1, 0.15) is 0 Å². The van der Waals surface area contributed by atoms with Crippen molar-refractivity contribution in [1.82, 2.24) is 0 Å². The topological polar surface area (TPSA) is 17.1 Å². The Bertz CT molecular complexity index is 192. The van der Waals surface area contributed by atoms with Crippen molar-refractivity contribution in [3.8, 4) is 0 Å². The van der Waals surface area contributed by atoms with Gasteiger partial charge in [-0.1, -0.05) is 78.1 Å². The van der Waals surface area contributed by atoms with E-state index in [0.29, 0.717) is 0 Å². The fourth-order valence-electron chi connectivity index (χ4n) is 2.38. The van der Waals surface area contributed by atoms with Gasteiger partial charge < -0.3 is 0 Å². The van der Waals surface area contributed by atoms with Gasteiger partial charge in [0.05, 0.1) is 0 Å². The lowest BCUT2D eigenvalue weighted by atomic mass is 9.95. The van der Waals surface area contributed by atoms with Crippen molar-refractivity contribution < 1.29 is 4.79 Å². The van der Waals surface area contributed by atoms with Crippen molar-refractivity contribution in [2.75, 3.05) is 0 Å². The van der Waals surface area contributed by atoms with Crippen LogP contribution in [0, 0.1) is 5.92 Å². The highest BCUT2D eigenvalue weighted by Crippen LogP contribution is 2.20. The van der Waals surface area contributed by atoms with Gasteiger partial charge in [-0.15, -0.1) is 12.6 Å². The van der Waals surface area contributed by atoms with E-state index in [4.69, 9.17) is 0 Å². The van der Waals surface area contributed by atoms with E-state index in [1.54, 1.807) is 0 Å². The lowest BCUT2D eigenvalue weighted by Gasteiger charge is -2.12. The van der Waals surface area contributed by atoms with Crippen molar-refractivity contribution in [1.29, 1.82) is 0 Å². The molecule has 0 amide bonds. The summed E-state index contributed by atoms with van der Waals surface area (Å²) in [6, 6.07) is 0. The van der Waals surface area contributed by atoms with Crippen molar-refractivity contribution in [2.24, 2.45) is 5.92 Å². The predicted octanol–water partition coefficient (Wildman–Crippen LogP) is 5.78. The van der Waals surface area contributed by atoms with Gasteiger partial charge in [0.15, 0.2) is 5.12 Å². The Hall–Kier alpha value is 0.0200. The first kappa shape index (κ1) is 18.0. The fraction of sp³-hybridized carbons (Fsp3) is 0.938. The van der Waals surface area contributed by atoms with Gasteiger partial charge in [0, 0.05) is 5.92 Å². The van der Waals surface area contributed by atoms with Crippen LogP contribution in [0.15, 0.2) is 0 Å². The minimum Gasteiger partial charge on any atom is -0.287 e. The number of thiol groups is 1. The summed E-state index contributed by atoms with van der Waals surface area (Å²) >= 11 is 4.03. The molecule has 0 bridgehead atoms. The molecule has 0 spiro atoms. The van der Waals surface area contributed by atoms with Crippen molar-refractivity contribution in [3.63, 3.8) is 0 Å². The average molecular weight is 272 g/mol. The number of carbonyl (C=O) groups is 1. The molecule has 0 aliphatic heterocycles. The molecule has 0 aliphatic carbocycles. The molecule has 0 aliphatic rings. The van der Waals surface area contributed by atoms with Crippen LogP contribution >= 0.6 is 12.6 Å². The molecule has 0 heterocycles. The zero-order chi connectivity index (χ0) is 13.6. The SMILES string of the molecule is CCCCCCCCCC(CCCCC)C(=O)S.